The van der Waals surface area contributed by atoms with E-state index < -0.39 is 0 Å². The maximum Gasteiger partial charge on any atom is 0.123 e. The summed E-state index contributed by atoms with van der Waals surface area (Å²) in [6.07, 6.45) is 2.44. The number of benzene rings is 1. The molecule has 1 aromatic rings. The molecule has 1 aliphatic heterocycles. The second-order valence-electron chi connectivity index (χ2n) is 6.48. The van der Waals surface area contributed by atoms with Gasteiger partial charge in [0, 0.05) is 12.1 Å². The molecule has 1 saturated heterocycles. The SMILES string of the molecule is CC(C)C1CCN(C(c2cccc(F)c2)C(C)N)CC1. The number of rotatable bonds is 4. The van der Waals surface area contributed by atoms with Gasteiger partial charge in [0.2, 0.25) is 0 Å². The minimum Gasteiger partial charge on any atom is -0.326 e. The lowest BCUT2D eigenvalue weighted by Crippen LogP contribution is -2.44. The Morgan fingerprint density at radius 2 is 1.85 bits per heavy atom. The Labute approximate surface area is 122 Å². The van der Waals surface area contributed by atoms with Crippen LogP contribution in [0.1, 0.15) is 45.2 Å². The summed E-state index contributed by atoms with van der Waals surface area (Å²) in [5.41, 5.74) is 7.18. The molecule has 112 valence electrons. The summed E-state index contributed by atoms with van der Waals surface area (Å²) < 4.78 is 13.5. The minimum absolute atomic E-state index is 0.00685. The standard InChI is InChI=1S/C17H27FN2/c1-12(2)14-7-9-20(10-8-14)17(13(3)19)15-5-4-6-16(18)11-15/h4-6,11-14,17H,7-10,19H2,1-3H3. The molecule has 2 N–H and O–H groups in total. The molecule has 0 radical (unpaired) electrons. The fraction of sp³-hybridized carbons (Fsp3) is 0.647. The van der Waals surface area contributed by atoms with E-state index in [1.54, 1.807) is 12.1 Å². The van der Waals surface area contributed by atoms with Gasteiger partial charge in [0.1, 0.15) is 5.82 Å². The highest BCUT2D eigenvalue weighted by atomic mass is 19.1. The maximum absolute atomic E-state index is 13.5. The molecule has 0 saturated carbocycles. The second kappa shape index (κ2) is 6.68. The lowest BCUT2D eigenvalue weighted by Gasteiger charge is -2.40. The quantitative estimate of drug-likeness (QED) is 0.912. The molecule has 1 fully saturated rings. The van der Waals surface area contributed by atoms with E-state index in [4.69, 9.17) is 5.73 Å². The van der Waals surface area contributed by atoms with Gasteiger partial charge in [-0.05, 0) is 62.4 Å². The van der Waals surface area contributed by atoms with E-state index in [-0.39, 0.29) is 17.9 Å². The summed E-state index contributed by atoms with van der Waals surface area (Å²) in [4.78, 5) is 2.43. The van der Waals surface area contributed by atoms with Crippen molar-refractivity contribution in [2.75, 3.05) is 13.1 Å². The second-order valence-corrected chi connectivity index (χ2v) is 6.48. The van der Waals surface area contributed by atoms with Gasteiger partial charge in [-0.1, -0.05) is 26.0 Å². The molecule has 0 spiro atoms. The van der Waals surface area contributed by atoms with E-state index in [2.05, 4.69) is 18.7 Å². The van der Waals surface area contributed by atoms with E-state index in [9.17, 15) is 4.39 Å². The first-order chi connectivity index (χ1) is 9.49. The number of hydrogen-bond acceptors (Lipinski definition) is 2. The average molecular weight is 278 g/mol. The third kappa shape index (κ3) is 3.58. The first-order valence-electron chi connectivity index (χ1n) is 7.74. The molecule has 0 aromatic heterocycles. The molecule has 0 bridgehead atoms. The molecule has 2 atom stereocenters. The van der Waals surface area contributed by atoms with Gasteiger partial charge < -0.3 is 5.73 Å². The Balaban J connectivity index is 2.11. The summed E-state index contributed by atoms with van der Waals surface area (Å²) in [7, 11) is 0. The van der Waals surface area contributed by atoms with Gasteiger partial charge in [0.25, 0.3) is 0 Å². The highest BCUT2D eigenvalue weighted by Gasteiger charge is 2.29. The molecule has 2 unspecified atom stereocenters. The van der Waals surface area contributed by atoms with Crippen molar-refractivity contribution in [3.63, 3.8) is 0 Å². The van der Waals surface area contributed by atoms with Gasteiger partial charge >= 0.3 is 0 Å². The van der Waals surface area contributed by atoms with Gasteiger partial charge in [-0.15, -0.1) is 0 Å². The molecule has 1 heterocycles. The van der Waals surface area contributed by atoms with E-state index in [0.717, 1.165) is 30.5 Å². The number of likely N-dealkylation sites (tertiary alicyclic amines) is 1. The Morgan fingerprint density at radius 1 is 1.20 bits per heavy atom. The summed E-state index contributed by atoms with van der Waals surface area (Å²) in [6, 6.07) is 7.02. The van der Waals surface area contributed by atoms with Crippen molar-refractivity contribution in [2.45, 2.75) is 45.7 Å². The summed E-state index contributed by atoms with van der Waals surface area (Å²) in [5, 5.41) is 0. The fourth-order valence-corrected chi connectivity index (χ4v) is 3.40. The molecule has 1 aliphatic rings. The Kier molecular flexibility index (Phi) is 5.17. The smallest absolute Gasteiger partial charge is 0.123 e. The molecule has 0 aliphatic carbocycles. The number of piperidine rings is 1. The highest BCUT2D eigenvalue weighted by molar-refractivity contribution is 5.22. The van der Waals surface area contributed by atoms with Crippen molar-refractivity contribution in [3.8, 4) is 0 Å². The van der Waals surface area contributed by atoms with Crippen LogP contribution in [0.3, 0.4) is 0 Å². The number of halogens is 1. The summed E-state index contributed by atoms with van der Waals surface area (Å²) >= 11 is 0. The van der Waals surface area contributed by atoms with Crippen molar-refractivity contribution in [2.24, 2.45) is 17.6 Å². The predicted molar refractivity (Wildman–Crippen MR) is 81.9 cm³/mol. The topological polar surface area (TPSA) is 29.3 Å². The van der Waals surface area contributed by atoms with Crippen LogP contribution in [-0.2, 0) is 0 Å². The van der Waals surface area contributed by atoms with Crippen molar-refractivity contribution in [3.05, 3.63) is 35.6 Å². The van der Waals surface area contributed by atoms with Gasteiger partial charge in [-0.25, -0.2) is 4.39 Å². The predicted octanol–water partition coefficient (Wildman–Crippen LogP) is 3.58. The lowest BCUT2D eigenvalue weighted by atomic mass is 9.85. The highest BCUT2D eigenvalue weighted by Crippen LogP contribution is 2.31. The normalized spacial score (nSPS) is 21.1. The van der Waals surface area contributed by atoms with Crippen molar-refractivity contribution >= 4 is 0 Å². The fourth-order valence-electron chi connectivity index (χ4n) is 3.40. The van der Waals surface area contributed by atoms with Crippen LogP contribution in [0.4, 0.5) is 4.39 Å². The van der Waals surface area contributed by atoms with E-state index in [1.807, 2.05) is 13.0 Å². The largest absolute Gasteiger partial charge is 0.326 e. The number of hydrogen-bond donors (Lipinski definition) is 1. The molecule has 0 amide bonds. The molecule has 20 heavy (non-hydrogen) atoms. The zero-order valence-electron chi connectivity index (χ0n) is 12.8. The Morgan fingerprint density at radius 3 is 2.35 bits per heavy atom. The van der Waals surface area contributed by atoms with Crippen LogP contribution in [0.15, 0.2) is 24.3 Å². The monoisotopic (exact) mass is 278 g/mol. The van der Waals surface area contributed by atoms with Crippen LogP contribution in [0.25, 0.3) is 0 Å². The first kappa shape index (κ1) is 15.5. The Hall–Kier alpha value is -0.930. The summed E-state index contributed by atoms with van der Waals surface area (Å²) in [5.74, 6) is 1.39. The maximum atomic E-state index is 13.5. The van der Waals surface area contributed by atoms with Gasteiger partial charge in [0.05, 0.1) is 0 Å². The minimum atomic E-state index is -0.176. The van der Waals surface area contributed by atoms with Gasteiger partial charge in [-0.3, -0.25) is 4.90 Å². The lowest BCUT2D eigenvalue weighted by molar-refractivity contribution is 0.103. The van der Waals surface area contributed by atoms with Gasteiger partial charge in [-0.2, -0.15) is 0 Å². The van der Waals surface area contributed by atoms with Crippen LogP contribution in [0.2, 0.25) is 0 Å². The Bertz CT molecular complexity index is 423. The van der Waals surface area contributed by atoms with Crippen LogP contribution in [-0.4, -0.2) is 24.0 Å². The third-order valence-corrected chi connectivity index (χ3v) is 4.60. The molecular weight excluding hydrogens is 251 g/mol. The van der Waals surface area contributed by atoms with Crippen molar-refractivity contribution < 1.29 is 4.39 Å². The molecular formula is C17H27FN2. The first-order valence-corrected chi connectivity index (χ1v) is 7.74. The number of nitrogens with two attached hydrogens (primary N) is 1. The summed E-state index contributed by atoms with van der Waals surface area (Å²) in [6.45, 7) is 8.74. The van der Waals surface area contributed by atoms with E-state index in [1.165, 1.54) is 18.9 Å². The average Bonchev–Trinajstić information content (AvgIpc) is 2.39. The zero-order valence-corrected chi connectivity index (χ0v) is 12.8. The van der Waals surface area contributed by atoms with E-state index >= 15 is 0 Å². The van der Waals surface area contributed by atoms with Crippen molar-refractivity contribution in [1.29, 1.82) is 0 Å². The van der Waals surface area contributed by atoms with Crippen LogP contribution in [0, 0.1) is 17.7 Å². The number of nitrogens with zero attached hydrogens (tertiary/aromatic N) is 1. The van der Waals surface area contributed by atoms with Crippen molar-refractivity contribution in [1.82, 2.24) is 4.90 Å². The van der Waals surface area contributed by atoms with Crippen LogP contribution < -0.4 is 5.73 Å². The zero-order chi connectivity index (χ0) is 14.7. The molecule has 2 nitrogen and oxygen atoms in total. The van der Waals surface area contributed by atoms with Gasteiger partial charge in [0.15, 0.2) is 0 Å². The molecule has 1 aromatic carbocycles. The molecule has 2 rings (SSSR count). The van der Waals surface area contributed by atoms with Crippen LogP contribution in [0.5, 0.6) is 0 Å². The van der Waals surface area contributed by atoms with Crippen LogP contribution >= 0.6 is 0 Å². The van der Waals surface area contributed by atoms with E-state index in [0.29, 0.717) is 0 Å². The molecule has 3 heteroatoms. The third-order valence-electron chi connectivity index (χ3n) is 4.60.